The van der Waals surface area contributed by atoms with Crippen LogP contribution in [0.1, 0.15) is 0 Å². The highest BCUT2D eigenvalue weighted by Gasteiger charge is 2.11. The first-order valence-electron chi connectivity index (χ1n) is 9.03. The van der Waals surface area contributed by atoms with Gasteiger partial charge < -0.3 is 24.9 Å². The molecule has 2 aromatic heterocycles. The lowest BCUT2D eigenvalue weighted by Gasteiger charge is -2.08. The van der Waals surface area contributed by atoms with Gasteiger partial charge in [0.15, 0.2) is 18.0 Å². The number of nitrogens with one attached hydrogen (secondary N) is 1. The number of rotatable bonds is 6. The average Bonchev–Trinajstić information content (AvgIpc) is 3.18. The van der Waals surface area contributed by atoms with Crippen molar-refractivity contribution in [3.8, 4) is 22.8 Å². The van der Waals surface area contributed by atoms with Crippen molar-refractivity contribution in [1.82, 2.24) is 9.38 Å². The molecule has 0 spiro atoms. The Morgan fingerprint density at radius 1 is 1.14 bits per heavy atom. The van der Waals surface area contributed by atoms with E-state index >= 15 is 0 Å². The summed E-state index contributed by atoms with van der Waals surface area (Å²) in [4.78, 5) is 16.9. The number of carbonyl (C=O) groups is 1. The second-order valence-electron chi connectivity index (χ2n) is 6.42. The molecule has 1 amide bonds. The molecule has 0 unspecified atom stereocenters. The first-order valence-corrected chi connectivity index (χ1v) is 9.03. The van der Waals surface area contributed by atoms with Gasteiger partial charge in [0.2, 0.25) is 0 Å². The van der Waals surface area contributed by atoms with Gasteiger partial charge in [-0.05, 0) is 48.5 Å². The van der Waals surface area contributed by atoms with E-state index in [1.807, 2.05) is 47.1 Å². The molecule has 29 heavy (non-hydrogen) atoms. The zero-order valence-electron chi connectivity index (χ0n) is 15.8. The Kier molecular flexibility index (Phi) is 5.03. The average molecular weight is 388 g/mol. The number of imidazole rings is 1. The van der Waals surface area contributed by atoms with Gasteiger partial charge in [-0.3, -0.25) is 4.79 Å². The summed E-state index contributed by atoms with van der Waals surface area (Å²) in [7, 11) is 1.59. The quantitative estimate of drug-likeness (QED) is 0.493. The van der Waals surface area contributed by atoms with E-state index in [-0.39, 0.29) is 12.5 Å². The lowest BCUT2D eigenvalue weighted by molar-refractivity contribution is -0.118. The highest BCUT2D eigenvalue weighted by molar-refractivity contribution is 5.92. The summed E-state index contributed by atoms with van der Waals surface area (Å²) in [6.07, 6.45) is 3.77. The normalized spacial score (nSPS) is 10.7. The van der Waals surface area contributed by atoms with Gasteiger partial charge in [-0.25, -0.2) is 4.98 Å². The molecule has 0 saturated carbocycles. The van der Waals surface area contributed by atoms with Gasteiger partial charge in [0.05, 0.1) is 12.8 Å². The molecule has 4 rings (SSSR count). The Bertz CT molecular complexity index is 1150. The van der Waals surface area contributed by atoms with Gasteiger partial charge in [-0.2, -0.15) is 0 Å². The van der Waals surface area contributed by atoms with Crippen molar-refractivity contribution in [3.05, 3.63) is 73.1 Å². The number of ether oxygens (including phenoxy) is 2. The number of nitrogens with two attached hydrogens (primary N) is 1. The molecule has 4 aromatic rings. The van der Waals surface area contributed by atoms with Crippen LogP contribution < -0.4 is 20.5 Å². The number of benzene rings is 2. The maximum atomic E-state index is 12.2. The lowest BCUT2D eigenvalue weighted by atomic mass is 10.1. The number of pyridine rings is 1. The molecule has 3 N–H and O–H groups in total. The fourth-order valence-corrected chi connectivity index (χ4v) is 2.95. The van der Waals surface area contributed by atoms with Gasteiger partial charge in [0, 0.05) is 29.3 Å². The van der Waals surface area contributed by atoms with Crippen molar-refractivity contribution in [3.63, 3.8) is 0 Å². The SMILES string of the molecule is COc1ccc(NC(=O)COc2cccn3cc(-c4cccc(N)c4)nc23)cc1. The molecule has 2 aromatic carbocycles. The Hall–Kier alpha value is -4.00. The molecule has 146 valence electrons. The molecule has 0 radical (unpaired) electrons. The number of nitrogens with zero attached hydrogens (tertiary/aromatic N) is 2. The number of amides is 1. The van der Waals surface area contributed by atoms with Gasteiger partial charge in [-0.15, -0.1) is 0 Å². The Morgan fingerprint density at radius 2 is 1.97 bits per heavy atom. The highest BCUT2D eigenvalue weighted by atomic mass is 16.5. The van der Waals surface area contributed by atoms with Crippen LogP contribution in [0.25, 0.3) is 16.9 Å². The number of fused-ring (bicyclic) bond motifs is 1. The van der Waals surface area contributed by atoms with Crippen LogP contribution in [0.2, 0.25) is 0 Å². The molecule has 0 fully saturated rings. The van der Waals surface area contributed by atoms with Gasteiger partial charge in [-0.1, -0.05) is 12.1 Å². The summed E-state index contributed by atoms with van der Waals surface area (Å²) in [6, 6.07) is 18.2. The van der Waals surface area contributed by atoms with Gasteiger partial charge in [0.1, 0.15) is 5.75 Å². The monoisotopic (exact) mass is 388 g/mol. The summed E-state index contributed by atoms with van der Waals surface area (Å²) in [5.41, 5.74) is 9.53. The van der Waals surface area contributed by atoms with Crippen LogP contribution in [0, 0.1) is 0 Å². The van der Waals surface area contributed by atoms with Crippen LogP contribution in [-0.2, 0) is 4.79 Å². The number of hydrogen-bond acceptors (Lipinski definition) is 5. The fourth-order valence-electron chi connectivity index (χ4n) is 2.95. The molecule has 0 saturated heterocycles. The number of nitrogen functional groups attached to an aromatic ring is 1. The van der Waals surface area contributed by atoms with E-state index < -0.39 is 0 Å². The zero-order valence-corrected chi connectivity index (χ0v) is 15.8. The molecule has 0 aliphatic carbocycles. The summed E-state index contributed by atoms with van der Waals surface area (Å²) >= 11 is 0. The number of aromatic nitrogens is 2. The minimum atomic E-state index is -0.264. The molecule has 0 aliphatic rings. The molecular formula is C22H20N4O3. The van der Waals surface area contributed by atoms with Crippen LogP contribution in [0.3, 0.4) is 0 Å². The van der Waals surface area contributed by atoms with Crippen molar-refractivity contribution in [2.75, 3.05) is 24.8 Å². The van der Waals surface area contributed by atoms with Crippen molar-refractivity contribution in [2.45, 2.75) is 0 Å². The van der Waals surface area contributed by atoms with E-state index in [0.29, 0.717) is 22.8 Å². The number of carbonyl (C=O) groups excluding carboxylic acids is 1. The maximum Gasteiger partial charge on any atom is 0.262 e. The van der Waals surface area contributed by atoms with E-state index in [1.54, 1.807) is 37.4 Å². The molecule has 0 aliphatic heterocycles. The third-order valence-electron chi connectivity index (χ3n) is 4.36. The van der Waals surface area contributed by atoms with Gasteiger partial charge in [0.25, 0.3) is 5.91 Å². The largest absolute Gasteiger partial charge is 0.497 e. The lowest BCUT2D eigenvalue weighted by Crippen LogP contribution is -2.20. The third kappa shape index (κ3) is 4.14. The van der Waals surface area contributed by atoms with E-state index in [0.717, 1.165) is 17.0 Å². The third-order valence-corrected chi connectivity index (χ3v) is 4.36. The smallest absolute Gasteiger partial charge is 0.262 e. The van der Waals surface area contributed by atoms with Crippen LogP contribution in [-0.4, -0.2) is 29.0 Å². The predicted molar refractivity (Wildman–Crippen MR) is 112 cm³/mol. The molecular weight excluding hydrogens is 368 g/mol. The van der Waals surface area contributed by atoms with Crippen molar-refractivity contribution in [2.24, 2.45) is 0 Å². The van der Waals surface area contributed by atoms with Crippen molar-refractivity contribution >= 4 is 22.9 Å². The highest BCUT2D eigenvalue weighted by Crippen LogP contribution is 2.25. The van der Waals surface area contributed by atoms with E-state index in [9.17, 15) is 4.79 Å². The Balaban J connectivity index is 1.48. The summed E-state index contributed by atoms with van der Waals surface area (Å²) in [6.45, 7) is -0.133. The summed E-state index contributed by atoms with van der Waals surface area (Å²) in [5.74, 6) is 0.980. The van der Waals surface area contributed by atoms with Crippen LogP contribution in [0.4, 0.5) is 11.4 Å². The molecule has 2 heterocycles. The Morgan fingerprint density at radius 3 is 2.72 bits per heavy atom. The first kappa shape index (κ1) is 18.4. The summed E-state index contributed by atoms with van der Waals surface area (Å²) < 4.78 is 12.7. The molecule has 0 bridgehead atoms. The molecule has 7 heteroatoms. The van der Waals surface area contributed by atoms with E-state index in [2.05, 4.69) is 10.3 Å². The minimum absolute atomic E-state index is 0.133. The van der Waals surface area contributed by atoms with Crippen molar-refractivity contribution < 1.29 is 14.3 Å². The predicted octanol–water partition coefficient (Wildman–Crippen LogP) is 3.61. The van der Waals surface area contributed by atoms with Crippen LogP contribution >= 0.6 is 0 Å². The number of hydrogen-bond donors (Lipinski definition) is 2. The van der Waals surface area contributed by atoms with Gasteiger partial charge >= 0.3 is 0 Å². The second-order valence-corrected chi connectivity index (χ2v) is 6.42. The maximum absolute atomic E-state index is 12.2. The minimum Gasteiger partial charge on any atom is -0.497 e. The fraction of sp³-hybridized carbons (Fsp3) is 0.0909. The van der Waals surface area contributed by atoms with E-state index in [4.69, 9.17) is 15.2 Å². The zero-order chi connectivity index (χ0) is 20.2. The molecule has 7 nitrogen and oxygen atoms in total. The number of methoxy groups -OCH3 is 1. The molecule has 0 atom stereocenters. The topological polar surface area (TPSA) is 90.9 Å². The van der Waals surface area contributed by atoms with E-state index in [1.165, 1.54) is 0 Å². The van der Waals surface area contributed by atoms with Crippen molar-refractivity contribution in [1.29, 1.82) is 0 Å². The van der Waals surface area contributed by atoms with Crippen LogP contribution in [0.15, 0.2) is 73.1 Å². The second kappa shape index (κ2) is 7.93. The van der Waals surface area contributed by atoms with Crippen LogP contribution in [0.5, 0.6) is 11.5 Å². The summed E-state index contributed by atoms with van der Waals surface area (Å²) in [5, 5.41) is 2.79. The Labute approximate surface area is 167 Å². The number of anilines is 2. The standard InChI is InChI=1S/C22H20N4O3/c1-28-18-9-7-17(8-10-18)24-21(27)14-29-20-6-3-11-26-13-19(25-22(20)26)15-4-2-5-16(23)12-15/h2-13H,14,23H2,1H3,(H,24,27). The first-order chi connectivity index (χ1) is 14.1.